The number of benzene rings is 2. The Morgan fingerprint density at radius 3 is 1.90 bits per heavy atom. The molecular formula is C97H139F5N7O19PS. The second-order valence-corrected chi connectivity index (χ2v) is 36.8. The highest BCUT2D eigenvalue weighted by atomic mass is 32.2. The van der Waals surface area contributed by atoms with Crippen molar-refractivity contribution in [1.82, 2.24) is 20.1 Å². The molecule has 3 aromatic rings. The number of imide groups is 1. The first-order chi connectivity index (χ1) is 60.8. The number of alkyl halides is 5. The number of hydrogen-bond acceptors (Lipinski definition) is 21. The molecule has 2 aromatic carbocycles. The molecular weight excluding hydrogens is 1730 g/mol. The van der Waals surface area contributed by atoms with Gasteiger partial charge in [-0.15, -0.1) is 6.58 Å². The number of pyridine rings is 1. The number of amides is 4. The average molecular weight is 1870 g/mol. The Hall–Kier alpha value is -9.78. The summed E-state index contributed by atoms with van der Waals surface area (Å²) in [5, 5.41) is 10.2. The fraction of sp³-hybridized carbons (Fsp3) is 0.515. The summed E-state index contributed by atoms with van der Waals surface area (Å²) < 4.78 is 135. The van der Waals surface area contributed by atoms with E-state index in [-0.39, 0.29) is 78.1 Å². The second-order valence-electron chi connectivity index (χ2n) is 33.9. The average Bonchev–Trinajstić information content (AvgIpc) is 1.41. The van der Waals surface area contributed by atoms with E-state index in [4.69, 9.17) is 24.0 Å². The van der Waals surface area contributed by atoms with Crippen LogP contribution in [-0.4, -0.2) is 205 Å². The summed E-state index contributed by atoms with van der Waals surface area (Å²) in [5.74, 6) is 0.219. The van der Waals surface area contributed by atoms with Crippen molar-refractivity contribution in [1.29, 1.82) is 5.26 Å². The molecule has 26 nitrogen and oxygen atoms in total. The van der Waals surface area contributed by atoms with Gasteiger partial charge in [-0.2, -0.15) is 26.9 Å². The number of carbonyl (C=O) groups excluding carboxylic acids is 7. The lowest BCUT2D eigenvalue weighted by Crippen LogP contribution is -2.51. The van der Waals surface area contributed by atoms with Crippen LogP contribution in [0.5, 0.6) is 0 Å². The first-order valence-corrected chi connectivity index (χ1v) is 45.9. The number of para-hydroxylation sites is 1. The molecule has 12 unspecified atom stereocenters. The number of phosphoric ester groups is 1. The molecule has 2 N–H and O–H groups in total. The molecule has 0 spiro atoms. The van der Waals surface area contributed by atoms with Gasteiger partial charge in [0, 0.05) is 86.7 Å². The van der Waals surface area contributed by atoms with Gasteiger partial charge >= 0.3 is 24.1 Å². The number of carbonyl (C=O) groups is 7. The number of esters is 3. The maximum absolute atomic E-state index is 12.8. The minimum atomic E-state index is -5.26. The summed E-state index contributed by atoms with van der Waals surface area (Å²) in [7, 11) is 1.26. The van der Waals surface area contributed by atoms with E-state index in [2.05, 4.69) is 129 Å². The molecule has 4 aliphatic carbocycles. The summed E-state index contributed by atoms with van der Waals surface area (Å²) >= 11 is 0. The van der Waals surface area contributed by atoms with Gasteiger partial charge in [-0.1, -0.05) is 173 Å². The highest BCUT2D eigenvalue weighted by molar-refractivity contribution is 7.85. The van der Waals surface area contributed by atoms with Crippen LogP contribution in [0.1, 0.15) is 156 Å². The molecule has 0 bridgehead atoms. The Morgan fingerprint density at radius 2 is 1.43 bits per heavy atom. The summed E-state index contributed by atoms with van der Waals surface area (Å²) in [6, 6.07) is 20.2. The monoisotopic (exact) mass is 1860 g/mol. The Labute approximate surface area is 767 Å². The molecule has 5 fully saturated rings. The number of anilines is 1. The first kappa shape index (κ1) is 118. The molecule has 3 saturated carbocycles. The number of nitrogens with one attached hydrogen (secondary N) is 1. The van der Waals surface area contributed by atoms with Gasteiger partial charge in [-0.25, -0.2) is 28.1 Å². The van der Waals surface area contributed by atoms with Crippen molar-refractivity contribution in [2.45, 2.75) is 181 Å². The van der Waals surface area contributed by atoms with Crippen LogP contribution in [0, 0.1) is 57.7 Å². The van der Waals surface area contributed by atoms with Crippen LogP contribution in [0.3, 0.4) is 0 Å². The van der Waals surface area contributed by atoms with E-state index in [0.717, 1.165) is 96.4 Å². The maximum atomic E-state index is 12.8. The molecule has 33 heteroatoms. The Balaban J connectivity index is 0.000000761. The smallest absolute Gasteiger partial charge is 0.425 e. The number of rotatable bonds is 31. The van der Waals surface area contributed by atoms with E-state index in [0.29, 0.717) is 66.2 Å². The lowest BCUT2D eigenvalue weighted by atomic mass is 9.47. The number of nitriles is 1. The van der Waals surface area contributed by atoms with Crippen LogP contribution in [0.25, 0.3) is 12.2 Å². The standard InChI is InChI=1S/C31H50O2.C11H22NO6P.C10H7NO2.C8H8O3S.C7H9F5O.C7H14N2O.C7H7N.C7H10O3.C6H9NO.C3H3N/c1-20(2)9-8-10-22(5)26-13-14-27-25-12-11-23-19-24(33-29(32)21(3)4)15-17-30(23,6)28(25)16-18-31(26,27)7;1-10(2)11(13)16-8-9-18-19(14,15)17-7-6-12(3,4)5;12-9-6-7-10(13)11(9)8-4-2-1-3-5-8;1-2-7-3-5-8(6-4-7)12(9,10)11;1-3-4-13-6(2,9)5(8)7(10,11)12;1-4-7(10)8-5-6-9(2)3;1-2-7-4-3-5-8-6-7;1-2-7(8)10-6-3-4-9-5-6;1-2-7-5-3-4-6(7)8;1-2-3-4/h11,20,22,24-28H,3,8-10,12-19H2,1-2,4-7H3;1,6-9H2,2-5H3;1-7H;2-6H,1H2,(H,9,10,11);3,5H,1,4H2,2H3;4H,1,5-6H2,2-3H3,(H,8,10);2-6H,1H2;2,6H,1,3-5H2;2H,1,3-5H2;2H,1H2. The number of nitrogens with zero attached hydrogens (tertiary/aromatic N) is 6. The van der Waals surface area contributed by atoms with E-state index in [1.807, 2.05) is 58.3 Å². The van der Waals surface area contributed by atoms with Crippen molar-refractivity contribution in [2.24, 2.45) is 46.3 Å². The number of phosphoric acid groups is 1. The lowest BCUT2D eigenvalue weighted by Gasteiger charge is -2.58. The highest BCUT2D eigenvalue weighted by Gasteiger charge is 2.59. The molecule has 722 valence electrons. The summed E-state index contributed by atoms with van der Waals surface area (Å²) in [6.45, 7) is 50.0. The molecule has 4 amide bonds. The van der Waals surface area contributed by atoms with Crippen LogP contribution in [-0.2, 0) is 81.0 Å². The number of aromatic nitrogens is 1. The van der Waals surface area contributed by atoms with Crippen LogP contribution in [0.15, 0.2) is 209 Å². The summed E-state index contributed by atoms with van der Waals surface area (Å²) in [5.41, 5.74) is 5.70. The number of allylic oxidation sites excluding steroid dienone is 2. The van der Waals surface area contributed by atoms with Gasteiger partial charge in [-0.05, 0) is 186 Å². The molecule has 10 rings (SSSR count). The maximum Gasteiger partial charge on any atom is 0.425 e. The number of hydrogen-bond donors (Lipinski definition) is 2. The molecule has 1 aromatic heterocycles. The van der Waals surface area contributed by atoms with Crippen LogP contribution in [0.4, 0.5) is 27.6 Å². The lowest BCUT2D eigenvalue weighted by molar-refractivity contribution is -0.870. The molecule has 4 heterocycles. The number of fused-ring (bicyclic) bond motifs is 5. The zero-order valence-electron chi connectivity index (χ0n) is 78.0. The fourth-order valence-electron chi connectivity index (χ4n) is 15.1. The van der Waals surface area contributed by atoms with Crippen molar-refractivity contribution in [2.75, 3.05) is 106 Å². The van der Waals surface area contributed by atoms with Crippen LogP contribution >= 0.6 is 7.82 Å². The van der Waals surface area contributed by atoms with Crippen LogP contribution < -0.4 is 15.1 Å². The van der Waals surface area contributed by atoms with Crippen LogP contribution in [0.2, 0.25) is 0 Å². The number of quaternary nitrogens is 1. The molecule has 3 aliphatic heterocycles. The largest absolute Gasteiger partial charge is 0.756 e. The van der Waals surface area contributed by atoms with E-state index >= 15 is 0 Å². The topological polar surface area (TPSA) is 337 Å². The Kier molecular flexibility index (Phi) is 54.2. The van der Waals surface area contributed by atoms with Gasteiger partial charge in [0.1, 0.15) is 32.0 Å². The molecule has 2 saturated heterocycles. The van der Waals surface area contributed by atoms with Gasteiger partial charge in [0.05, 0.1) is 64.2 Å². The summed E-state index contributed by atoms with van der Waals surface area (Å²) in [6.07, 6.45) is 26.2. The van der Waals surface area contributed by atoms with E-state index < -0.39 is 48.7 Å². The third-order valence-corrected chi connectivity index (χ3v) is 23.9. The number of halogens is 5. The molecule has 0 radical (unpaired) electrons. The van der Waals surface area contributed by atoms with Gasteiger partial charge < -0.3 is 57.2 Å². The van der Waals surface area contributed by atoms with Gasteiger partial charge in [0.15, 0.2) is 0 Å². The molecule has 130 heavy (non-hydrogen) atoms. The van der Waals surface area contributed by atoms with Crippen molar-refractivity contribution in [3.05, 3.63) is 215 Å². The predicted molar refractivity (Wildman–Crippen MR) is 496 cm³/mol. The normalized spacial score (nSPS) is 21.5. The minimum absolute atomic E-state index is 0.0375. The Morgan fingerprint density at radius 1 is 0.815 bits per heavy atom. The van der Waals surface area contributed by atoms with Crippen molar-refractivity contribution >= 4 is 77.3 Å². The van der Waals surface area contributed by atoms with Gasteiger partial charge in [0.2, 0.25) is 17.7 Å². The first-order valence-electron chi connectivity index (χ1n) is 43.0. The fourth-order valence-corrected chi connectivity index (χ4v) is 16.3. The highest BCUT2D eigenvalue weighted by Crippen LogP contribution is 2.67. The quantitative estimate of drug-likeness (QED) is 0.00516. The van der Waals surface area contributed by atoms with E-state index in [1.165, 1.54) is 107 Å². The number of likely N-dealkylation sites (N-methyl/N-ethyl adjacent to an activating group) is 2. The van der Waals surface area contributed by atoms with Crippen molar-refractivity contribution < 1.29 is 115 Å². The third kappa shape index (κ3) is 44.9. The number of likely N-dealkylation sites (tertiary alicyclic amines) is 1. The molecule has 7 aliphatic rings. The molecule has 12 atom stereocenters. The third-order valence-electron chi connectivity index (χ3n) is 22.0. The van der Waals surface area contributed by atoms with Gasteiger partial charge in [-0.3, -0.25) is 33.3 Å². The number of ether oxygens (including phenoxy) is 5. The van der Waals surface area contributed by atoms with Crippen molar-refractivity contribution in [3.63, 3.8) is 0 Å². The van der Waals surface area contributed by atoms with Gasteiger partial charge in [0.25, 0.3) is 35.9 Å². The van der Waals surface area contributed by atoms with E-state index in [9.17, 15) is 73.4 Å². The predicted octanol–water partition coefficient (Wildman–Crippen LogP) is 17.8. The van der Waals surface area contributed by atoms with E-state index in [1.54, 1.807) is 90.6 Å². The SMILES string of the molecule is C=C(C)C(=O)OC1CCC2(C)C(=CCC3C2CCC2(C)C(C(C)CCCC(C)C)CCC32)C1.C=C(C)C(=O)OCCOP(=O)([O-])OCC[N+](C)(C)C.C=CC#N.C=CC(=O)NCCN(C)C.C=CC(=O)OC1CCOC1.C=CCOC(C)(F)C(F)C(F)(F)F.C=CN1CCCC1=O.C=Cc1ccc(S(=O)(=O)O)cc1.C=Cc1cccnc1.O=C1C=CC(=O)N1c1ccccc1. The Bertz CT molecular complexity index is 4400. The zero-order valence-corrected chi connectivity index (χ0v) is 79.7. The zero-order chi connectivity index (χ0) is 98.8. The van der Waals surface area contributed by atoms with Crippen molar-refractivity contribution in [3.8, 4) is 6.07 Å². The minimum Gasteiger partial charge on any atom is -0.756 e. The second kappa shape index (κ2) is 59.6. The summed E-state index contributed by atoms with van der Waals surface area (Å²) in [4.78, 5) is 97.1.